The van der Waals surface area contributed by atoms with Gasteiger partial charge in [-0.25, -0.2) is 0 Å². The van der Waals surface area contributed by atoms with Gasteiger partial charge in [-0.05, 0) is 19.9 Å². The van der Waals surface area contributed by atoms with Gasteiger partial charge in [0.1, 0.15) is 5.78 Å². The fourth-order valence-electron chi connectivity index (χ4n) is 1.76. The summed E-state index contributed by atoms with van der Waals surface area (Å²) < 4.78 is 5.28. The summed E-state index contributed by atoms with van der Waals surface area (Å²) in [6.07, 6.45) is 4.34. The Balaban J connectivity index is 2.31. The van der Waals surface area contributed by atoms with E-state index < -0.39 is 0 Å². The minimum absolute atomic E-state index is 0.0600. The van der Waals surface area contributed by atoms with Gasteiger partial charge in [0.25, 0.3) is 0 Å². The van der Waals surface area contributed by atoms with Crippen LogP contribution in [0.15, 0.2) is 12.7 Å². The summed E-state index contributed by atoms with van der Waals surface area (Å²) in [7, 11) is 1.88. The van der Waals surface area contributed by atoms with E-state index in [0.717, 1.165) is 12.8 Å². The average Bonchev–Trinajstić information content (AvgIpc) is 2.65. The van der Waals surface area contributed by atoms with E-state index in [9.17, 15) is 4.79 Å². The molecule has 3 nitrogen and oxygen atoms in total. The van der Waals surface area contributed by atoms with Crippen molar-refractivity contribution in [3.8, 4) is 0 Å². The van der Waals surface area contributed by atoms with Crippen LogP contribution in [0.2, 0.25) is 0 Å². The molecule has 1 N–H and O–H groups in total. The van der Waals surface area contributed by atoms with Crippen LogP contribution in [0.4, 0.5) is 0 Å². The van der Waals surface area contributed by atoms with Gasteiger partial charge >= 0.3 is 0 Å². The Kier molecular flexibility index (Phi) is 4.84. The first kappa shape index (κ1) is 11.4. The molecule has 3 heteroatoms. The van der Waals surface area contributed by atoms with Crippen LogP contribution >= 0.6 is 0 Å². The van der Waals surface area contributed by atoms with E-state index in [2.05, 4.69) is 11.9 Å². The van der Waals surface area contributed by atoms with Gasteiger partial charge in [-0.3, -0.25) is 4.79 Å². The summed E-state index contributed by atoms with van der Waals surface area (Å²) in [5.41, 5.74) is 0. The Hall–Kier alpha value is -0.670. The molecule has 14 heavy (non-hydrogen) atoms. The molecule has 80 valence electrons. The number of likely N-dealkylation sites (N-methyl/N-ethyl adjacent to an activating group) is 1. The zero-order valence-electron chi connectivity index (χ0n) is 8.79. The van der Waals surface area contributed by atoms with Crippen molar-refractivity contribution >= 4 is 5.78 Å². The molecule has 0 bridgehead atoms. The SMILES string of the molecule is C=CCCCC(=O)C1COCC1NC. The van der Waals surface area contributed by atoms with Crippen LogP contribution in [0.5, 0.6) is 0 Å². The number of carbonyl (C=O) groups excluding carboxylic acids is 1. The lowest BCUT2D eigenvalue weighted by molar-refractivity contribution is -0.123. The maximum Gasteiger partial charge on any atom is 0.139 e. The lowest BCUT2D eigenvalue weighted by Crippen LogP contribution is -2.36. The molecule has 1 fully saturated rings. The monoisotopic (exact) mass is 197 g/mol. The topological polar surface area (TPSA) is 38.3 Å². The van der Waals surface area contributed by atoms with Crippen molar-refractivity contribution < 1.29 is 9.53 Å². The number of Topliss-reactive ketones (excluding diaryl/α,β-unsaturated/α-hetero) is 1. The summed E-state index contributed by atoms with van der Waals surface area (Å²) in [5.74, 6) is 0.383. The predicted octanol–water partition coefficient (Wildman–Crippen LogP) is 1.15. The van der Waals surface area contributed by atoms with Gasteiger partial charge in [0.2, 0.25) is 0 Å². The molecule has 2 atom stereocenters. The summed E-state index contributed by atoms with van der Waals surface area (Å²) >= 11 is 0. The van der Waals surface area contributed by atoms with Crippen molar-refractivity contribution in [2.75, 3.05) is 20.3 Å². The number of rotatable bonds is 6. The first-order valence-corrected chi connectivity index (χ1v) is 5.18. The van der Waals surface area contributed by atoms with Crippen molar-refractivity contribution in [1.29, 1.82) is 0 Å². The first-order chi connectivity index (χ1) is 6.79. The van der Waals surface area contributed by atoms with Crippen molar-refractivity contribution in [1.82, 2.24) is 5.32 Å². The lowest BCUT2D eigenvalue weighted by Gasteiger charge is -2.14. The zero-order valence-corrected chi connectivity index (χ0v) is 8.79. The molecule has 1 rings (SSSR count). The molecule has 0 saturated carbocycles. The highest BCUT2D eigenvalue weighted by Gasteiger charge is 2.31. The molecule has 0 aromatic heterocycles. The Morgan fingerprint density at radius 2 is 2.43 bits per heavy atom. The van der Waals surface area contributed by atoms with Crippen LogP contribution in [-0.2, 0) is 9.53 Å². The van der Waals surface area contributed by atoms with Gasteiger partial charge in [-0.2, -0.15) is 0 Å². The number of hydrogen-bond acceptors (Lipinski definition) is 3. The van der Waals surface area contributed by atoms with E-state index in [4.69, 9.17) is 4.74 Å². The van der Waals surface area contributed by atoms with Crippen molar-refractivity contribution in [3.63, 3.8) is 0 Å². The van der Waals surface area contributed by atoms with Gasteiger partial charge in [0.05, 0.1) is 19.1 Å². The highest BCUT2D eigenvalue weighted by atomic mass is 16.5. The largest absolute Gasteiger partial charge is 0.379 e. The van der Waals surface area contributed by atoms with Gasteiger partial charge in [0.15, 0.2) is 0 Å². The molecule has 0 aromatic carbocycles. The molecule has 1 aliphatic rings. The Labute approximate surface area is 85.5 Å². The molecule has 0 aliphatic carbocycles. The summed E-state index contributed by atoms with van der Waals surface area (Å²) in [6.45, 7) is 4.88. The number of carbonyl (C=O) groups is 1. The molecule has 1 heterocycles. The third-order valence-electron chi connectivity index (χ3n) is 2.70. The number of nitrogens with one attached hydrogen (secondary N) is 1. The summed E-state index contributed by atoms with van der Waals surface area (Å²) in [5, 5.41) is 3.12. The van der Waals surface area contributed by atoms with Crippen molar-refractivity contribution in [2.24, 2.45) is 5.92 Å². The Bertz CT molecular complexity index is 203. The molecule has 2 unspecified atom stereocenters. The molecule has 0 radical (unpaired) electrons. The number of hydrogen-bond donors (Lipinski definition) is 1. The molecule has 0 spiro atoms. The summed E-state index contributed by atoms with van der Waals surface area (Å²) in [4.78, 5) is 11.7. The predicted molar refractivity (Wildman–Crippen MR) is 56.2 cm³/mol. The smallest absolute Gasteiger partial charge is 0.139 e. The third kappa shape index (κ3) is 2.93. The number of ether oxygens (including phenoxy) is 1. The van der Waals surface area contributed by atoms with Crippen LogP contribution in [0.25, 0.3) is 0 Å². The molecule has 0 aromatic rings. The van der Waals surface area contributed by atoms with E-state index >= 15 is 0 Å². The normalized spacial score (nSPS) is 26.4. The van der Waals surface area contributed by atoms with Crippen LogP contribution < -0.4 is 5.32 Å². The second-order valence-electron chi connectivity index (χ2n) is 3.69. The second kappa shape index (κ2) is 5.94. The minimum atomic E-state index is 0.0600. The number of ketones is 1. The number of allylic oxidation sites excluding steroid dienone is 1. The maximum atomic E-state index is 11.7. The number of unbranched alkanes of at least 4 members (excludes halogenated alkanes) is 1. The quantitative estimate of drug-likeness (QED) is 0.512. The van der Waals surface area contributed by atoms with Crippen molar-refractivity contribution in [2.45, 2.75) is 25.3 Å². The van der Waals surface area contributed by atoms with Gasteiger partial charge in [-0.1, -0.05) is 6.08 Å². The fourth-order valence-corrected chi connectivity index (χ4v) is 1.76. The summed E-state index contributed by atoms with van der Waals surface area (Å²) in [6, 6.07) is 0.214. The van der Waals surface area contributed by atoms with E-state index in [1.54, 1.807) is 0 Å². The average molecular weight is 197 g/mol. The zero-order chi connectivity index (χ0) is 10.4. The van der Waals surface area contributed by atoms with Gasteiger partial charge < -0.3 is 10.1 Å². The molecule has 1 saturated heterocycles. The Morgan fingerprint density at radius 1 is 1.64 bits per heavy atom. The highest BCUT2D eigenvalue weighted by molar-refractivity contribution is 5.82. The Morgan fingerprint density at radius 3 is 3.07 bits per heavy atom. The van der Waals surface area contributed by atoms with Crippen LogP contribution in [0, 0.1) is 5.92 Å². The molecular formula is C11H19NO2. The fraction of sp³-hybridized carbons (Fsp3) is 0.727. The standard InChI is InChI=1S/C11H19NO2/c1-3-4-5-6-11(13)9-7-14-8-10(9)12-2/h3,9-10,12H,1,4-8H2,2H3. The van der Waals surface area contributed by atoms with Crippen LogP contribution in [0.1, 0.15) is 19.3 Å². The van der Waals surface area contributed by atoms with Gasteiger partial charge in [-0.15, -0.1) is 6.58 Å². The maximum absolute atomic E-state index is 11.7. The minimum Gasteiger partial charge on any atom is -0.379 e. The van der Waals surface area contributed by atoms with Gasteiger partial charge in [0, 0.05) is 12.5 Å². The van der Waals surface area contributed by atoms with E-state index in [1.807, 2.05) is 13.1 Å². The second-order valence-corrected chi connectivity index (χ2v) is 3.69. The van der Waals surface area contributed by atoms with E-state index in [0.29, 0.717) is 25.4 Å². The van der Waals surface area contributed by atoms with Crippen molar-refractivity contribution in [3.05, 3.63) is 12.7 Å². The van der Waals surface area contributed by atoms with E-state index in [1.165, 1.54) is 0 Å². The van der Waals surface area contributed by atoms with Crippen LogP contribution in [0.3, 0.4) is 0 Å². The molecular weight excluding hydrogens is 178 g/mol. The molecule has 1 aliphatic heterocycles. The van der Waals surface area contributed by atoms with E-state index in [-0.39, 0.29) is 12.0 Å². The molecule has 0 amide bonds. The third-order valence-corrected chi connectivity index (χ3v) is 2.70. The van der Waals surface area contributed by atoms with Crippen LogP contribution in [-0.4, -0.2) is 32.1 Å². The lowest BCUT2D eigenvalue weighted by atomic mass is 9.95. The highest BCUT2D eigenvalue weighted by Crippen LogP contribution is 2.17. The first-order valence-electron chi connectivity index (χ1n) is 5.18.